The number of ether oxygens (including phenoxy) is 1. The SMILES string of the molecule is O=C1CC(c2ccccc2)CC2=C1C(c1cccc(OC(F)(F)F)c1)Nc1ccccc1N2. The van der Waals surface area contributed by atoms with Crippen LogP contribution in [0.2, 0.25) is 0 Å². The minimum Gasteiger partial charge on any atom is -0.406 e. The Hall–Kier alpha value is -3.74. The zero-order chi connectivity index (χ0) is 23.0. The van der Waals surface area contributed by atoms with Gasteiger partial charge in [0.1, 0.15) is 5.75 Å². The third kappa shape index (κ3) is 4.44. The molecule has 2 atom stereocenters. The van der Waals surface area contributed by atoms with Crippen molar-refractivity contribution in [2.24, 2.45) is 0 Å². The van der Waals surface area contributed by atoms with Crippen molar-refractivity contribution in [1.82, 2.24) is 0 Å². The Morgan fingerprint density at radius 1 is 0.818 bits per heavy atom. The highest BCUT2D eigenvalue weighted by Crippen LogP contribution is 2.44. The topological polar surface area (TPSA) is 50.4 Å². The van der Waals surface area contributed by atoms with Gasteiger partial charge in [-0.1, -0.05) is 54.6 Å². The van der Waals surface area contributed by atoms with E-state index in [1.807, 2.05) is 54.6 Å². The molecule has 0 aromatic heterocycles. The Balaban J connectivity index is 1.58. The molecule has 0 saturated carbocycles. The molecule has 0 spiro atoms. The number of Topliss-reactive ketones (excluding diaryl/α,β-unsaturated/α-hetero) is 1. The fraction of sp³-hybridized carbons (Fsp3) is 0.192. The van der Waals surface area contributed by atoms with Crippen molar-refractivity contribution in [3.63, 3.8) is 0 Å². The van der Waals surface area contributed by atoms with Crippen LogP contribution in [-0.4, -0.2) is 12.1 Å². The summed E-state index contributed by atoms with van der Waals surface area (Å²) in [6.45, 7) is 0. The third-order valence-corrected chi connectivity index (χ3v) is 6.00. The van der Waals surface area contributed by atoms with Gasteiger partial charge in [-0.25, -0.2) is 0 Å². The van der Waals surface area contributed by atoms with Gasteiger partial charge in [0, 0.05) is 17.7 Å². The molecule has 33 heavy (non-hydrogen) atoms. The molecule has 0 bridgehead atoms. The van der Waals surface area contributed by atoms with Crippen molar-refractivity contribution >= 4 is 17.2 Å². The van der Waals surface area contributed by atoms with Crippen molar-refractivity contribution in [2.75, 3.05) is 10.6 Å². The molecule has 2 unspecified atom stereocenters. The summed E-state index contributed by atoms with van der Waals surface area (Å²) in [6, 6.07) is 22.6. The Labute approximate surface area is 189 Å². The van der Waals surface area contributed by atoms with Crippen LogP contribution in [0.1, 0.15) is 35.9 Å². The van der Waals surface area contributed by atoms with E-state index < -0.39 is 12.4 Å². The molecule has 3 aromatic rings. The smallest absolute Gasteiger partial charge is 0.406 e. The first-order valence-electron chi connectivity index (χ1n) is 10.7. The summed E-state index contributed by atoms with van der Waals surface area (Å²) in [7, 11) is 0. The van der Waals surface area contributed by atoms with Crippen LogP contribution in [0.5, 0.6) is 5.75 Å². The summed E-state index contributed by atoms with van der Waals surface area (Å²) in [5, 5.41) is 6.80. The summed E-state index contributed by atoms with van der Waals surface area (Å²) < 4.78 is 42.5. The Kier molecular flexibility index (Phi) is 5.32. The molecule has 3 aromatic carbocycles. The number of fused-ring (bicyclic) bond motifs is 1. The average Bonchev–Trinajstić information content (AvgIpc) is 2.95. The highest BCUT2D eigenvalue weighted by Gasteiger charge is 2.36. The Morgan fingerprint density at radius 2 is 1.52 bits per heavy atom. The molecular weight excluding hydrogens is 429 g/mol. The minimum absolute atomic E-state index is 0.0239. The standard InChI is InChI=1S/C26H21F3N2O2/c27-26(28,29)33-19-10-6-9-17(13-19)25-24-22(30-20-11-4-5-12-21(20)31-25)14-18(15-23(24)32)16-7-2-1-3-8-16/h1-13,18,25,30-31H,14-15H2. The highest BCUT2D eigenvalue weighted by atomic mass is 19.4. The van der Waals surface area contributed by atoms with E-state index in [9.17, 15) is 18.0 Å². The van der Waals surface area contributed by atoms with Crippen molar-refractivity contribution < 1.29 is 22.7 Å². The maximum absolute atomic E-state index is 13.5. The summed E-state index contributed by atoms with van der Waals surface area (Å²) in [5.74, 6) is -0.333. The molecule has 2 N–H and O–H groups in total. The molecule has 0 radical (unpaired) electrons. The molecule has 0 amide bonds. The van der Waals surface area contributed by atoms with Crippen LogP contribution in [-0.2, 0) is 4.79 Å². The van der Waals surface area contributed by atoms with Crippen molar-refractivity contribution in [3.8, 4) is 5.75 Å². The Morgan fingerprint density at radius 3 is 2.27 bits per heavy atom. The highest BCUT2D eigenvalue weighted by molar-refractivity contribution is 6.01. The number of ketones is 1. The van der Waals surface area contributed by atoms with E-state index in [0.717, 1.165) is 22.6 Å². The summed E-state index contributed by atoms with van der Waals surface area (Å²) in [6.07, 6.45) is -3.84. The van der Waals surface area contributed by atoms with E-state index in [-0.39, 0.29) is 17.5 Å². The second-order valence-electron chi connectivity index (χ2n) is 8.20. The van der Waals surface area contributed by atoms with Gasteiger partial charge in [-0.05, 0) is 47.7 Å². The normalized spacial score (nSPS) is 20.2. The van der Waals surface area contributed by atoms with Crippen molar-refractivity contribution in [2.45, 2.75) is 31.2 Å². The number of allylic oxidation sites excluding steroid dienone is 1. The lowest BCUT2D eigenvalue weighted by Crippen LogP contribution is -2.27. The van der Waals surface area contributed by atoms with Gasteiger partial charge >= 0.3 is 6.36 Å². The van der Waals surface area contributed by atoms with E-state index in [1.54, 1.807) is 6.07 Å². The first-order chi connectivity index (χ1) is 15.9. The van der Waals surface area contributed by atoms with Crippen LogP contribution in [0.15, 0.2) is 90.1 Å². The number of para-hydroxylation sites is 2. The number of carbonyl (C=O) groups is 1. The molecule has 1 aliphatic carbocycles. The molecule has 1 aliphatic heterocycles. The number of anilines is 2. The van der Waals surface area contributed by atoms with Gasteiger partial charge < -0.3 is 15.4 Å². The van der Waals surface area contributed by atoms with Crippen molar-refractivity contribution in [3.05, 3.63) is 101 Å². The second kappa shape index (κ2) is 8.31. The average molecular weight is 450 g/mol. The lowest BCUT2D eigenvalue weighted by Gasteiger charge is -2.30. The van der Waals surface area contributed by atoms with Gasteiger partial charge in [0.15, 0.2) is 5.78 Å². The van der Waals surface area contributed by atoms with Crippen LogP contribution in [0, 0.1) is 0 Å². The van der Waals surface area contributed by atoms with E-state index in [2.05, 4.69) is 15.4 Å². The number of hydrogen-bond donors (Lipinski definition) is 2. The van der Waals surface area contributed by atoms with Crippen LogP contribution in [0.4, 0.5) is 24.5 Å². The van der Waals surface area contributed by atoms with Crippen LogP contribution >= 0.6 is 0 Å². The zero-order valence-electron chi connectivity index (χ0n) is 17.5. The van der Waals surface area contributed by atoms with Gasteiger partial charge in [-0.2, -0.15) is 0 Å². The first kappa shape index (κ1) is 21.1. The third-order valence-electron chi connectivity index (χ3n) is 6.00. The van der Waals surface area contributed by atoms with Gasteiger partial charge in [-0.15, -0.1) is 13.2 Å². The van der Waals surface area contributed by atoms with Gasteiger partial charge in [0.25, 0.3) is 0 Å². The maximum atomic E-state index is 13.5. The van der Waals surface area contributed by atoms with Gasteiger partial charge in [0.05, 0.1) is 17.4 Å². The number of alkyl halides is 3. The van der Waals surface area contributed by atoms with E-state index in [0.29, 0.717) is 24.0 Å². The predicted molar refractivity (Wildman–Crippen MR) is 120 cm³/mol. The number of benzene rings is 3. The fourth-order valence-corrected chi connectivity index (χ4v) is 4.59. The molecule has 1 heterocycles. The van der Waals surface area contributed by atoms with Crippen LogP contribution in [0.3, 0.4) is 0 Å². The van der Waals surface area contributed by atoms with E-state index in [1.165, 1.54) is 18.2 Å². The Bertz CT molecular complexity index is 1220. The van der Waals surface area contributed by atoms with Crippen LogP contribution in [0.25, 0.3) is 0 Å². The molecule has 4 nitrogen and oxygen atoms in total. The molecular formula is C26H21F3N2O2. The van der Waals surface area contributed by atoms with Crippen molar-refractivity contribution in [1.29, 1.82) is 0 Å². The summed E-state index contributed by atoms with van der Waals surface area (Å²) in [5.41, 5.74) is 4.52. The number of hydrogen-bond acceptors (Lipinski definition) is 4. The summed E-state index contributed by atoms with van der Waals surface area (Å²) in [4.78, 5) is 13.5. The predicted octanol–water partition coefficient (Wildman–Crippen LogP) is 6.56. The van der Waals surface area contributed by atoms with Gasteiger partial charge in [-0.3, -0.25) is 4.79 Å². The van der Waals surface area contributed by atoms with Crippen LogP contribution < -0.4 is 15.4 Å². The first-order valence-corrected chi connectivity index (χ1v) is 10.7. The largest absolute Gasteiger partial charge is 0.573 e. The molecule has 0 saturated heterocycles. The monoisotopic (exact) mass is 450 g/mol. The zero-order valence-corrected chi connectivity index (χ0v) is 17.5. The van der Waals surface area contributed by atoms with Gasteiger partial charge in [0.2, 0.25) is 0 Å². The molecule has 0 fully saturated rings. The maximum Gasteiger partial charge on any atom is 0.573 e. The fourth-order valence-electron chi connectivity index (χ4n) is 4.59. The quantitative estimate of drug-likeness (QED) is 0.474. The second-order valence-corrected chi connectivity index (χ2v) is 8.20. The summed E-state index contributed by atoms with van der Waals surface area (Å²) >= 11 is 0. The molecule has 168 valence electrons. The minimum atomic E-state index is -4.79. The van der Waals surface area contributed by atoms with E-state index in [4.69, 9.17) is 0 Å². The lowest BCUT2D eigenvalue weighted by molar-refractivity contribution is -0.274. The molecule has 5 rings (SSSR count). The lowest BCUT2D eigenvalue weighted by atomic mass is 9.78. The number of rotatable bonds is 3. The molecule has 2 aliphatic rings. The number of halogens is 3. The number of carbonyl (C=O) groups excluding carboxylic acids is 1. The number of nitrogens with one attached hydrogen (secondary N) is 2. The molecule has 7 heteroatoms. The van der Waals surface area contributed by atoms with E-state index >= 15 is 0 Å².